The minimum absolute atomic E-state index is 0.304. The number of hydrogen-bond donors (Lipinski definition) is 3. The van der Waals surface area contributed by atoms with Crippen LogP contribution < -0.4 is 10.2 Å². The molecule has 1 saturated heterocycles. The van der Waals surface area contributed by atoms with E-state index in [-0.39, 0.29) is 0 Å². The summed E-state index contributed by atoms with van der Waals surface area (Å²) in [5, 5.41) is 22.7. The van der Waals surface area contributed by atoms with Gasteiger partial charge in [0.15, 0.2) is 0 Å². The molecular weight excluding hydrogens is 265 g/mol. The lowest BCUT2D eigenvalue weighted by Gasteiger charge is -2.19. The number of aromatic nitrogens is 1. The minimum Gasteiger partial charge on any atom is -0.389 e. The number of rotatable bonds is 2. The van der Waals surface area contributed by atoms with E-state index in [0.717, 1.165) is 0 Å². The van der Waals surface area contributed by atoms with E-state index in [1.165, 1.54) is 0 Å². The van der Waals surface area contributed by atoms with Crippen molar-refractivity contribution in [2.45, 2.75) is 12.2 Å². The van der Waals surface area contributed by atoms with Crippen molar-refractivity contribution in [2.75, 3.05) is 30.4 Å². The van der Waals surface area contributed by atoms with Crippen molar-refractivity contribution >= 4 is 34.8 Å². The zero-order chi connectivity index (χ0) is 12.6. The monoisotopic (exact) mass is 277 g/mol. The molecule has 7 heteroatoms. The predicted octanol–water partition coefficient (Wildman–Crippen LogP) is 0.972. The van der Waals surface area contributed by atoms with Crippen LogP contribution in [-0.4, -0.2) is 47.5 Å². The largest absolute Gasteiger partial charge is 0.389 e. The molecule has 0 spiro atoms. The van der Waals surface area contributed by atoms with Crippen LogP contribution >= 0.6 is 23.2 Å². The van der Waals surface area contributed by atoms with Gasteiger partial charge in [-0.2, -0.15) is 0 Å². The second-order valence-corrected chi connectivity index (χ2v) is 4.73. The Bertz CT molecular complexity index is 420. The maximum atomic E-state index is 9.50. The smallest absolute Gasteiger partial charge is 0.150 e. The SMILES string of the molecule is CNc1nc(N2CC(O)C(O)C2)c(Cl)cc1Cl. The molecule has 0 bridgehead atoms. The first-order valence-electron chi connectivity index (χ1n) is 5.17. The average Bonchev–Trinajstić information content (AvgIpc) is 2.59. The lowest BCUT2D eigenvalue weighted by molar-refractivity contribution is 0.0572. The third-order valence-electron chi connectivity index (χ3n) is 2.71. The van der Waals surface area contributed by atoms with Crippen LogP contribution in [0.3, 0.4) is 0 Å². The van der Waals surface area contributed by atoms with Crippen molar-refractivity contribution in [1.29, 1.82) is 0 Å². The number of aliphatic hydroxyl groups excluding tert-OH is 2. The van der Waals surface area contributed by atoms with Crippen LogP contribution in [0.2, 0.25) is 10.0 Å². The molecule has 0 aliphatic carbocycles. The Labute approximate surface area is 109 Å². The summed E-state index contributed by atoms with van der Waals surface area (Å²) in [6, 6.07) is 1.59. The zero-order valence-corrected chi connectivity index (χ0v) is 10.7. The van der Waals surface area contributed by atoms with Gasteiger partial charge in [0.05, 0.1) is 22.3 Å². The Balaban J connectivity index is 2.33. The third kappa shape index (κ3) is 2.42. The highest BCUT2D eigenvalue weighted by molar-refractivity contribution is 6.37. The highest BCUT2D eigenvalue weighted by Crippen LogP contribution is 2.32. The second-order valence-electron chi connectivity index (χ2n) is 3.91. The Morgan fingerprint density at radius 1 is 1.29 bits per heavy atom. The summed E-state index contributed by atoms with van der Waals surface area (Å²) >= 11 is 12.0. The standard InChI is InChI=1S/C10H13Cl2N3O2/c1-13-9-5(11)2-6(12)10(14-9)15-3-7(16)8(17)4-15/h2,7-8,16-17H,3-4H2,1H3,(H,13,14). The molecule has 2 unspecified atom stereocenters. The molecule has 17 heavy (non-hydrogen) atoms. The van der Waals surface area contributed by atoms with E-state index in [0.29, 0.717) is 34.8 Å². The van der Waals surface area contributed by atoms with Gasteiger partial charge in [-0.15, -0.1) is 0 Å². The quantitative estimate of drug-likeness (QED) is 0.752. The molecule has 94 valence electrons. The molecule has 1 aliphatic heterocycles. The van der Waals surface area contributed by atoms with Crippen molar-refractivity contribution in [1.82, 2.24) is 4.98 Å². The lowest BCUT2D eigenvalue weighted by Crippen LogP contribution is -2.22. The van der Waals surface area contributed by atoms with Crippen molar-refractivity contribution in [3.05, 3.63) is 16.1 Å². The van der Waals surface area contributed by atoms with E-state index in [9.17, 15) is 10.2 Å². The Hall–Kier alpha value is -0.750. The van der Waals surface area contributed by atoms with Gasteiger partial charge in [0.1, 0.15) is 11.6 Å². The Kier molecular flexibility index (Phi) is 3.63. The summed E-state index contributed by atoms with van der Waals surface area (Å²) in [5.74, 6) is 1.03. The first-order chi connectivity index (χ1) is 8.02. The van der Waals surface area contributed by atoms with E-state index in [4.69, 9.17) is 23.2 Å². The molecule has 0 saturated carbocycles. The molecule has 2 atom stereocenters. The molecule has 2 rings (SSSR count). The molecule has 5 nitrogen and oxygen atoms in total. The Morgan fingerprint density at radius 3 is 2.41 bits per heavy atom. The van der Waals surface area contributed by atoms with Gasteiger partial charge in [-0.3, -0.25) is 0 Å². The summed E-state index contributed by atoms with van der Waals surface area (Å²) in [5.41, 5.74) is 0. The summed E-state index contributed by atoms with van der Waals surface area (Å²) in [6.07, 6.45) is -1.55. The van der Waals surface area contributed by atoms with Crippen molar-refractivity contribution in [3.63, 3.8) is 0 Å². The maximum Gasteiger partial charge on any atom is 0.150 e. The normalized spacial score (nSPS) is 24.2. The number of aliphatic hydroxyl groups is 2. The van der Waals surface area contributed by atoms with E-state index in [2.05, 4.69) is 10.3 Å². The molecule has 1 aromatic heterocycles. The minimum atomic E-state index is -0.776. The maximum absolute atomic E-state index is 9.50. The summed E-state index contributed by atoms with van der Waals surface area (Å²) < 4.78 is 0. The van der Waals surface area contributed by atoms with Crippen LogP contribution in [0.4, 0.5) is 11.6 Å². The highest BCUT2D eigenvalue weighted by Gasteiger charge is 2.31. The summed E-state index contributed by atoms with van der Waals surface area (Å²) in [6.45, 7) is 0.608. The van der Waals surface area contributed by atoms with Gasteiger partial charge in [0.25, 0.3) is 0 Å². The molecule has 0 radical (unpaired) electrons. The Morgan fingerprint density at radius 2 is 1.88 bits per heavy atom. The first kappa shape index (κ1) is 12.7. The summed E-state index contributed by atoms with van der Waals surface area (Å²) in [7, 11) is 1.71. The predicted molar refractivity (Wildman–Crippen MR) is 68.0 cm³/mol. The molecule has 1 aromatic rings. The molecule has 2 heterocycles. The lowest BCUT2D eigenvalue weighted by atomic mass is 10.3. The van der Waals surface area contributed by atoms with E-state index >= 15 is 0 Å². The fraction of sp³-hybridized carbons (Fsp3) is 0.500. The molecule has 1 fully saturated rings. The first-order valence-corrected chi connectivity index (χ1v) is 5.93. The van der Waals surface area contributed by atoms with E-state index in [1.807, 2.05) is 0 Å². The van der Waals surface area contributed by atoms with Crippen molar-refractivity contribution in [2.24, 2.45) is 0 Å². The zero-order valence-electron chi connectivity index (χ0n) is 9.19. The van der Waals surface area contributed by atoms with Crippen molar-refractivity contribution < 1.29 is 10.2 Å². The van der Waals surface area contributed by atoms with Crippen molar-refractivity contribution in [3.8, 4) is 0 Å². The van der Waals surface area contributed by atoms with Gasteiger partial charge in [-0.1, -0.05) is 23.2 Å². The van der Waals surface area contributed by atoms with Gasteiger partial charge < -0.3 is 20.4 Å². The molecule has 1 aliphatic rings. The number of nitrogens with one attached hydrogen (secondary N) is 1. The van der Waals surface area contributed by atoms with Crippen LogP contribution in [0.25, 0.3) is 0 Å². The van der Waals surface area contributed by atoms with Crippen LogP contribution in [0.1, 0.15) is 0 Å². The van der Waals surface area contributed by atoms with Gasteiger partial charge in [0.2, 0.25) is 0 Å². The van der Waals surface area contributed by atoms with Gasteiger partial charge >= 0.3 is 0 Å². The van der Waals surface area contributed by atoms with Crippen LogP contribution in [0.15, 0.2) is 6.07 Å². The molecule has 0 aromatic carbocycles. The highest BCUT2D eigenvalue weighted by atomic mass is 35.5. The number of anilines is 2. The van der Waals surface area contributed by atoms with E-state index in [1.54, 1.807) is 18.0 Å². The topological polar surface area (TPSA) is 68.6 Å². The number of hydrogen-bond acceptors (Lipinski definition) is 5. The molecule has 0 amide bonds. The number of β-amino-alcohol motifs (C(OH)–C–C–N with tert-alkyl or cyclic N) is 2. The number of halogens is 2. The number of nitrogens with zero attached hydrogens (tertiary/aromatic N) is 2. The van der Waals surface area contributed by atoms with Crippen LogP contribution in [-0.2, 0) is 0 Å². The van der Waals surface area contributed by atoms with Gasteiger partial charge in [-0.05, 0) is 6.07 Å². The molecule has 3 N–H and O–H groups in total. The van der Waals surface area contributed by atoms with Gasteiger partial charge in [0, 0.05) is 20.1 Å². The fourth-order valence-electron chi connectivity index (χ4n) is 1.80. The van der Waals surface area contributed by atoms with Crippen LogP contribution in [0.5, 0.6) is 0 Å². The number of pyridine rings is 1. The van der Waals surface area contributed by atoms with Crippen LogP contribution in [0, 0.1) is 0 Å². The van der Waals surface area contributed by atoms with Gasteiger partial charge in [-0.25, -0.2) is 4.98 Å². The second kappa shape index (κ2) is 4.86. The average molecular weight is 278 g/mol. The molecular formula is C10H13Cl2N3O2. The third-order valence-corrected chi connectivity index (χ3v) is 3.27. The van der Waals surface area contributed by atoms with E-state index < -0.39 is 12.2 Å². The summed E-state index contributed by atoms with van der Waals surface area (Å²) in [4.78, 5) is 6.00. The fourth-order valence-corrected chi connectivity index (χ4v) is 2.37.